The van der Waals surface area contributed by atoms with Gasteiger partial charge in [0.15, 0.2) is 0 Å². The molecule has 0 N–H and O–H groups in total. The van der Waals surface area contributed by atoms with Crippen LogP contribution in [0.4, 0.5) is 0 Å². The van der Waals surface area contributed by atoms with Crippen molar-refractivity contribution in [3.05, 3.63) is 23.4 Å². The van der Waals surface area contributed by atoms with Gasteiger partial charge in [0, 0.05) is 13.0 Å². The molecule has 0 radical (unpaired) electrons. The Morgan fingerprint density at radius 2 is 2.31 bits per heavy atom. The third-order valence-electron chi connectivity index (χ3n) is 1.43. The van der Waals surface area contributed by atoms with E-state index >= 15 is 0 Å². The fourth-order valence-corrected chi connectivity index (χ4v) is 0.828. The van der Waals surface area contributed by atoms with E-state index in [0.717, 1.165) is 5.56 Å². The van der Waals surface area contributed by atoms with Crippen LogP contribution in [0.25, 0.3) is 0 Å². The number of nitriles is 1. The van der Waals surface area contributed by atoms with Gasteiger partial charge in [-0.2, -0.15) is 5.26 Å². The third kappa shape index (κ3) is 2.27. The second-order valence-electron chi connectivity index (χ2n) is 2.52. The molecule has 0 saturated heterocycles. The molecule has 4 heteroatoms. The minimum absolute atomic E-state index is 0.162. The highest BCUT2D eigenvalue weighted by atomic mass is 16.5. The maximum atomic E-state index is 10.6. The van der Waals surface area contributed by atoms with Crippen molar-refractivity contribution in [2.75, 3.05) is 0 Å². The fourth-order valence-electron chi connectivity index (χ4n) is 0.828. The largest absolute Gasteiger partial charge is 0.408 e. The number of carbonyl (C=O) groups excluding carboxylic acids is 1. The van der Waals surface area contributed by atoms with Gasteiger partial charge in [-0.05, 0) is 12.5 Å². The number of ether oxygens (including phenoxy) is 1. The number of esters is 1. The molecule has 0 bridgehead atoms. The van der Waals surface area contributed by atoms with Crippen molar-refractivity contribution >= 4 is 5.97 Å². The zero-order valence-corrected chi connectivity index (χ0v) is 7.37. The predicted octanol–water partition coefficient (Wildman–Crippen LogP) is 1.19. The Bertz CT molecular complexity index is 380. The normalized spacial score (nSPS) is 9.00. The molecule has 13 heavy (non-hydrogen) atoms. The summed E-state index contributed by atoms with van der Waals surface area (Å²) < 4.78 is 4.71. The Balaban J connectivity index is 3.01. The summed E-state index contributed by atoms with van der Waals surface area (Å²) in [5.41, 5.74) is 1.04. The summed E-state index contributed by atoms with van der Waals surface area (Å²) in [7, 11) is 0. The second kappa shape index (κ2) is 3.68. The molecule has 0 aromatic carbocycles. The van der Waals surface area contributed by atoms with Crippen molar-refractivity contribution in [2.45, 2.75) is 13.8 Å². The molecule has 1 rings (SSSR count). The van der Waals surface area contributed by atoms with Crippen LogP contribution >= 0.6 is 0 Å². The van der Waals surface area contributed by atoms with Crippen molar-refractivity contribution in [1.82, 2.24) is 4.98 Å². The van der Waals surface area contributed by atoms with Crippen LogP contribution in [-0.2, 0) is 4.79 Å². The lowest BCUT2D eigenvalue weighted by Gasteiger charge is -2.00. The lowest BCUT2D eigenvalue weighted by atomic mass is 10.2. The lowest BCUT2D eigenvalue weighted by molar-refractivity contribution is -0.132. The van der Waals surface area contributed by atoms with Gasteiger partial charge in [-0.25, -0.2) is 4.98 Å². The maximum Gasteiger partial charge on any atom is 0.309 e. The van der Waals surface area contributed by atoms with Crippen LogP contribution in [0.5, 0.6) is 5.88 Å². The minimum Gasteiger partial charge on any atom is -0.408 e. The van der Waals surface area contributed by atoms with Gasteiger partial charge in [-0.3, -0.25) is 4.79 Å². The topological polar surface area (TPSA) is 63.0 Å². The SMILES string of the molecule is CC(=O)Oc1ccc(C)c(C#N)n1. The van der Waals surface area contributed by atoms with Crippen molar-refractivity contribution in [1.29, 1.82) is 5.26 Å². The molecule has 1 aromatic rings. The fraction of sp³-hybridized carbons (Fsp3) is 0.222. The van der Waals surface area contributed by atoms with Gasteiger partial charge in [0.2, 0.25) is 5.88 Å². The van der Waals surface area contributed by atoms with Crippen LogP contribution in [0.3, 0.4) is 0 Å². The van der Waals surface area contributed by atoms with Gasteiger partial charge in [0.05, 0.1) is 0 Å². The van der Waals surface area contributed by atoms with Gasteiger partial charge in [-0.1, -0.05) is 6.07 Å². The van der Waals surface area contributed by atoms with Crippen LogP contribution < -0.4 is 4.74 Å². The Labute approximate surface area is 75.8 Å². The monoisotopic (exact) mass is 176 g/mol. The number of aromatic nitrogens is 1. The van der Waals surface area contributed by atoms with Gasteiger partial charge < -0.3 is 4.74 Å². The zero-order valence-electron chi connectivity index (χ0n) is 7.37. The van der Waals surface area contributed by atoms with Crippen molar-refractivity contribution < 1.29 is 9.53 Å². The summed E-state index contributed by atoms with van der Waals surface area (Å²) in [5, 5.41) is 8.62. The maximum absolute atomic E-state index is 10.6. The van der Waals surface area contributed by atoms with Crippen molar-refractivity contribution in [3.63, 3.8) is 0 Å². The molecule has 0 aliphatic carbocycles. The zero-order chi connectivity index (χ0) is 9.84. The number of hydrogen-bond acceptors (Lipinski definition) is 4. The van der Waals surface area contributed by atoms with E-state index in [-0.39, 0.29) is 11.6 Å². The van der Waals surface area contributed by atoms with Gasteiger partial charge in [-0.15, -0.1) is 0 Å². The Morgan fingerprint density at radius 1 is 1.62 bits per heavy atom. The highest BCUT2D eigenvalue weighted by Gasteiger charge is 2.03. The molecule has 0 atom stereocenters. The molecule has 1 heterocycles. The number of rotatable bonds is 1. The smallest absolute Gasteiger partial charge is 0.309 e. The molecule has 0 aliphatic rings. The van der Waals surface area contributed by atoms with Crippen LogP contribution in [0.2, 0.25) is 0 Å². The van der Waals surface area contributed by atoms with E-state index in [1.165, 1.54) is 6.92 Å². The van der Waals surface area contributed by atoms with E-state index in [0.29, 0.717) is 0 Å². The Morgan fingerprint density at radius 3 is 2.85 bits per heavy atom. The second-order valence-corrected chi connectivity index (χ2v) is 2.52. The first-order valence-electron chi connectivity index (χ1n) is 3.69. The van der Waals surface area contributed by atoms with Crippen LogP contribution in [0.1, 0.15) is 18.2 Å². The summed E-state index contributed by atoms with van der Waals surface area (Å²) in [6, 6.07) is 5.14. The molecular weight excluding hydrogens is 168 g/mol. The van der Waals surface area contributed by atoms with Crippen LogP contribution in [-0.4, -0.2) is 11.0 Å². The number of nitrogens with zero attached hydrogens (tertiary/aromatic N) is 2. The molecule has 0 spiro atoms. The molecular formula is C9H8N2O2. The Kier molecular flexibility index (Phi) is 2.60. The standard InChI is InChI=1S/C9H8N2O2/c1-6-3-4-9(13-7(2)12)11-8(6)5-10/h3-4H,1-2H3. The van der Waals surface area contributed by atoms with E-state index in [4.69, 9.17) is 10.00 Å². The lowest BCUT2D eigenvalue weighted by Crippen LogP contribution is -2.04. The van der Waals surface area contributed by atoms with E-state index < -0.39 is 5.97 Å². The molecule has 0 amide bonds. The summed E-state index contributed by atoms with van der Waals surface area (Å²) in [6.45, 7) is 3.05. The molecule has 0 fully saturated rings. The summed E-state index contributed by atoms with van der Waals surface area (Å²) in [4.78, 5) is 14.4. The molecule has 0 aliphatic heterocycles. The first-order chi connectivity index (χ1) is 6.13. The van der Waals surface area contributed by atoms with E-state index in [1.54, 1.807) is 19.1 Å². The first-order valence-corrected chi connectivity index (χ1v) is 3.69. The van der Waals surface area contributed by atoms with Gasteiger partial charge in [0.1, 0.15) is 11.8 Å². The number of aryl methyl sites for hydroxylation is 1. The first kappa shape index (κ1) is 9.20. The molecule has 4 nitrogen and oxygen atoms in total. The summed E-state index contributed by atoms with van der Waals surface area (Å²) in [5.74, 6) is -0.283. The molecule has 0 saturated carbocycles. The Hall–Kier alpha value is -1.89. The summed E-state index contributed by atoms with van der Waals surface area (Å²) in [6.07, 6.45) is 0. The average Bonchev–Trinajstić information content (AvgIpc) is 2.07. The average molecular weight is 176 g/mol. The highest BCUT2D eigenvalue weighted by Crippen LogP contribution is 2.11. The minimum atomic E-state index is -0.444. The predicted molar refractivity (Wildman–Crippen MR) is 45.0 cm³/mol. The van der Waals surface area contributed by atoms with E-state index in [9.17, 15) is 4.79 Å². The highest BCUT2D eigenvalue weighted by molar-refractivity contribution is 5.68. The van der Waals surface area contributed by atoms with Crippen LogP contribution in [0.15, 0.2) is 12.1 Å². The number of carbonyl (C=O) groups is 1. The van der Waals surface area contributed by atoms with E-state index in [1.807, 2.05) is 6.07 Å². The molecule has 0 unspecified atom stereocenters. The number of hydrogen-bond donors (Lipinski definition) is 0. The summed E-state index contributed by atoms with van der Waals surface area (Å²) >= 11 is 0. The van der Waals surface area contributed by atoms with Crippen molar-refractivity contribution in [2.24, 2.45) is 0 Å². The quantitative estimate of drug-likeness (QED) is 0.603. The molecule has 1 aromatic heterocycles. The number of pyridine rings is 1. The van der Waals surface area contributed by atoms with Crippen LogP contribution in [0, 0.1) is 18.3 Å². The molecule has 66 valence electrons. The third-order valence-corrected chi connectivity index (χ3v) is 1.43. The van der Waals surface area contributed by atoms with E-state index in [2.05, 4.69) is 4.98 Å². The van der Waals surface area contributed by atoms with Gasteiger partial charge in [0.25, 0.3) is 0 Å². The van der Waals surface area contributed by atoms with Crippen molar-refractivity contribution in [3.8, 4) is 11.9 Å². The van der Waals surface area contributed by atoms with Gasteiger partial charge >= 0.3 is 5.97 Å².